The summed E-state index contributed by atoms with van der Waals surface area (Å²) in [6, 6.07) is 3.23. The summed E-state index contributed by atoms with van der Waals surface area (Å²) in [5, 5.41) is 2.91. The number of pyridine rings is 1. The molecule has 14 heavy (non-hydrogen) atoms. The zero-order valence-electron chi connectivity index (χ0n) is 7.83. The molecule has 0 aromatic carbocycles. The van der Waals surface area contributed by atoms with E-state index in [9.17, 15) is 4.79 Å². The van der Waals surface area contributed by atoms with Crippen LogP contribution in [0.5, 0.6) is 0 Å². The van der Waals surface area contributed by atoms with E-state index in [1.165, 1.54) is 0 Å². The number of nitrogens with two attached hydrogens (primary N) is 1. The zero-order chi connectivity index (χ0) is 10.6. The van der Waals surface area contributed by atoms with Gasteiger partial charge in [0.1, 0.15) is 0 Å². The van der Waals surface area contributed by atoms with Crippen LogP contribution in [0.1, 0.15) is 13.3 Å². The summed E-state index contributed by atoms with van der Waals surface area (Å²) < 4.78 is 0. The summed E-state index contributed by atoms with van der Waals surface area (Å²) in [6.07, 6.45) is 1.83. The van der Waals surface area contributed by atoms with Crippen molar-refractivity contribution in [2.45, 2.75) is 19.4 Å². The van der Waals surface area contributed by atoms with Gasteiger partial charge in [0.05, 0.1) is 5.69 Å². The molecule has 1 atom stereocenters. The van der Waals surface area contributed by atoms with Gasteiger partial charge in [-0.15, -0.1) is 0 Å². The molecule has 5 heteroatoms. The Morgan fingerprint density at radius 2 is 2.50 bits per heavy atom. The maximum absolute atomic E-state index is 11.3. The highest BCUT2D eigenvalue weighted by Crippen LogP contribution is 2.17. The Morgan fingerprint density at radius 1 is 1.79 bits per heavy atom. The van der Waals surface area contributed by atoms with Crippen LogP contribution in [0, 0.1) is 0 Å². The number of carbonyl (C=O) groups is 1. The average Bonchev–Trinajstić information content (AvgIpc) is 2.07. The molecule has 0 aliphatic rings. The van der Waals surface area contributed by atoms with E-state index in [-0.39, 0.29) is 23.5 Å². The first-order valence-electron chi connectivity index (χ1n) is 4.25. The van der Waals surface area contributed by atoms with E-state index in [0.717, 1.165) is 0 Å². The second-order valence-corrected chi connectivity index (χ2v) is 3.43. The van der Waals surface area contributed by atoms with Crippen LogP contribution in [0.4, 0.5) is 5.69 Å². The van der Waals surface area contributed by atoms with Crippen LogP contribution >= 0.6 is 11.6 Å². The number of carbonyl (C=O) groups excluding carboxylic acids is 1. The van der Waals surface area contributed by atoms with E-state index in [0.29, 0.717) is 5.69 Å². The first-order chi connectivity index (χ1) is 6.59. The average molecular weight is 214 g/mol. The van der Waals surface area contributed by atoms with Crippen molar-refractivity contribution in [1.82, 2.24) is 4.98 Å². The third-order valence-corrected chi connectivity index (χ3v) is 1.84. The minimum atomic E-state index is -0.162. The van der Waals surface area contributed by atoms with Crippen molar-refractivity contribution >= 4 is 23.2 Å². The third kappa shape index (κ3) is 3.32. The third-order valence-electron chi connectivity index (χ3n) is 1.54. The molecule has 1 unspecified atom stereocenters. The Balaban J connectivity index is 2.61. The van der Waals surface area contributed by atoms with Crippen molar-refractivity contribution in [3.63, 3.8) is 0 Å². The number of aromatic nitrogens is 1. The van der Waals surface area contributed by atoms with Crippen LogP contribution in [0.15, 0.2) is 18.3 Å². The number of amides is 1. The Hall–Kier alpha value is -1.13. The van der Waals surface area contributed by atoms with Gasteiger partial charge < -0.3 is 11.1 Å². The molecule has 0 bridgehead atoms. The highest BCUT2D eigenvalue weighted by atomic mass is 35.5. The van der Waals surface area contributed by atoms with Crippen molar-refractivity contribution in [3.8, 4) is 0 Å². The lowest BCUT2D eigenvalue weighted by Crippen LogP contribution is -2.24. The largest absolute Gasteiger partial charge is 0.327 e. The standard InChI is InChI=1S/C9H12ClN3O/c1-6(11)5-8(14)13-7-3-2-4-12-9(7)10/h2-4,6H,5,11H2,1H3,(H,13,14). The molecule has 1 rings (SSSR count). The fourth-order valence-electron chi connectivity index (χ4n) is 0.973. The van der Waals surface area contributed by atoms with Crippen molar-refractivity contribution in [2.24, 2.45) is 5.73 Å². The van der Waals surface area contributed by atoms with E-state index in [4.69, 9.17) is 17.3 Å². The predicted octanol–water partition coefficient (Wildman–Crippen LogP) is 1.41. The fraction of sp³-hybridized carbons (Fsp3) is 0.333. The molecule has 1 aromatic rings. The minimum absolute atomic E-state index is 0.157. The molecule has 0 aliphatic heterocycles. The van der Waals surface area contributed by atoms with Crippen molar-refractivity contribution in [3.05, 3.63) is 23.5 Å². The van der Waals surface area contributed by atoms with E-state index < -0.39 is 0 Å². The molecule has 0 aliphatic carbocycles. The van der Waals surface area contributed by atoms with Crippen LogP contribution in [-0.2, 0) is 4.79 Å². The molecular weight excluding hydrogens is 202 g/mol. The lowest BCUT2D eigenvalue weighted by atomic mass is 10.2. The maximum Gasteiger partial charge on any atom is 0.226 e. The normalized spacial score (nSPS) is 12.2. The van der Waals surface area contributed by atoms with Crippen LogP contribution in [-0.4, -0.2) is 16.9 Å². The second kappa shape index (κ2) is 4.93. The van der Waals surface area contributed by atoms with Gasteiger partial charge in [0.2, 0.25) is 5.91 Å². The molecule has 0 fully saturated rings. The molecule has 1 heterocycles. The summed E-state index contributed by atoms with van der Waals surface area (Å²) >= 11 is 5.75. The number of hydrogen-bond acceptors (Lipinski definition) is 3. The van der Waals surface area contributed by atoms with Gasteiger partial charge in [0, 0.05) is 18.7 Å². The number of anilines is 1. The maximum atomic E-state index is 11.3. The van der Waals surface area contributed by atoms with Gasteiger partial charge >= 0.3 is 0 Å². The summed E-state index contributed by atoms with van der Waals surface area (Å²) in [5.41, 5.74) is 5.99. The second-order valence-electron chi connectivity index (χ2n) is 3.07. The molecule has 3 N–H and O–H groups in total. The first-order valence-corrected chi connectivity index (χ1v) is 4.63. The Kier molecular flexibility index (Phi) is 3.85. The number of nitrogens with one attached hydrogen (secondary N) is 1. The van der Waals surface area contributed by atoms with Gasteiger partial charge in [0.25, 0.3) is 0 Å². The molecule has 1 amide bonds. The Morgan fingerprint density at radius 3 is 3.07 bits per heavy atom. The lowest BCUT2D eigenvalue weighted by Gasteiger charge is -2.07. The van der Waals surface area contributed by atoms with Gasteiger partial charge in [-0.05, 0) is 19.1 Å². The predicted molar refractivity (Wildman–Crippen MR) is 56.1 cm³/mol. The van der Waals surface area contributed by atoms with Gasteiger partial charge in [0.15, 0.2) is 5.15 Å². The van der Waals surface area contributed by atoms with E-state index in [2.05, 4.69) is 10.3 Å². The van der Waals surface area contributed by atoms with Gasteiger partial charge in [-0.1, -0.05) is 11.6 Å². The molecule has 0 saturated carbocycles. The van der Waals surface area contributed by atoms with Crippen molar-refractivity contribution in [2.75, 3.05) is 5.32 Å². The molecule has 76 valence electrons. The number of rotatable bonds is 3. The van der Waals surface area contributed by atoms with Gasteiger partial charge in [-0.2, -0.15) is 0 Å². The Bertz CT molecular complexity index is 328. The molecular formula is C9H12ClN3O. The smallest absolute Gasteiger partial charge is 0.226 e. The monoisotopic (exact) mass is 213 g/mol. The SMILES string of the molecule is CC(N)CC(=O)Nc1cccnc1Cl. The van der Waals surface area contributed by atoms with Crippen LogP contribution in [0.25, 0.3) is 0 Å². The summed E-state index contributed by atoms with van der Waals surface area (Å²) in [6.45, 7) is 1.77. The lowest BCUT2D eigenvalue weighted by molar-refractivity contribution is -0.116. The van der Waals surface area contributed by atoms with Crippen LogP contribution < -0.4 is 11.1 Å². The van der Waals surface area contributed by atoms with Crippen molar-refractivity contribution in [1.29, 1.82) is 0 Å². The highest BCUT2D eigenvalue weighted by Gasteiger charge is 2.07. The number of hydrogen-bond donors (Lipinski definition) is 2. The highest BCUT2D eigenvalue weighted by molar-refractivity contribution is 6.32. The molecule has 0 radical (unpaired) electrons. The zero-order valence-corrected chi connectivity index (χ0v) is 8.58. The van der Waals surface area contributed by atoms with Crippen LogP contribution in [0.3, 0.4) is 0 Å². The van der Waals surface area contributed by atoms with E-state index in [1.807, 2.05) is 0 Å². The van der Waals surface area contributed by atoms with E-state index in [1.54, 1.807) is 25.3 Å². The van der Waals surface area contributed by atoms with Gasteiger partial charge in [-0.3, -0.25) is 4.79 Å². The molecule has 0 spiro atoms. The number of nitrogens with zero attached hydrogens (tertiary/aromatic N) is 1. The summed E-state index contributed by atoms with van der Waals surface area (Å²) in [7, 11) is 0. The summed E-state index contributed by atoms with van der Waals surface area (Å²) in [4.78, 5) is 15.1. The molecule has 0 saturated heterocycles. The van der Waals surface area contributed by atoms with Crippen LogP contribution in [0.2, 0.25) is 5.15 Å². The number of halogens is 1. The van der Waals surface area contributed by atoms with Gasteiger partial charge in [-0.25, -0.2) is 4.98 Å². The molecule has 1 aromatic heterocycles. The molecule has 4 nitrogen and oxygen atoms in total. The summed E-state index contributed by atoms with van der Waals surface area (Å²) in [5.74, 6) is -0.157. The minimum Gasteiger partial charge on any atom is -0.327 e. The quantitative estimate of drug-likeness (QED) is 0.746. The van der Waals surface area contributed by atoms with E-state index >= 15 is 0 Å². The Labute approximate surface area is 87.5 Å². The first kappa shape index (κ1) is 10.9. The topological polar surface area (TPSA) is 68.0 Å². The van der Waals surface area contributed by atoms with Crippen molar-refractivity contribution < 1.29 is 4.79 Å². The fourth-order valence-corrected chi connectivity index (χ4v) is 1.14.